The summed E-state index contributed by atoms with van der Waals surface area (Å²) in [4.78, 5) is 24.0. The lowest BCUT2D eigenvalue weighted by molar-refractivity contribution is -0.384. The lowest BCUT2D eigenvalue weighted by atomic mass is 9.55. The van der Waals surface area contributed by atoms with E-state index in [-0.39, 0.29) is 23.5 Å². The molecule has 1 aliphatic rings. The molecule has 0 N–H and O–H groups in total. The van der Waals surface area contributed by atoms with Gasteiger partial charge in [-0.15, -0.1) is 0 Å². The zero-order chi connectivity index (χ0) is 24.3. The largest absolute Gasteiger partial charge is 0.295 e. The number of non-ortho nitro benzene ring substituents is 1. The predicted molar refractivity (Wildman–Crippen MR) is 128 cm³/mol. The lowest BCUT2D eigenvalue weighted by Gasteiger charge is -2.42. The highest BCUT2D eigenvalue weighted by Crippen LogP contribution is 2.56. The summed E-state index contributed by atoms with van der Waals surface area (Å²) in [5.41, 5.74) is 0.380. The number of ketones is 1. The van der Waals surface area contributed by atoms with Gasteiger partial charge in [0.1, 0.15) is 0 Å². The molecule has 34 heavy (non-hydrogen) atoms. The van der Waals surface area contributed by atoms with Crippen LogP contribution in [0.4, 0.5) is 5.69 Å². The molecule has 0 unspecified atom stereocenters. The number of benzene rings is 3. The van der Waals surface area contributed by atoms with Crippen LogP contribution in [0.15, 0.2) is 84.4 Å². The van der Waals surface area contributed by atoms with Gasteiger partial charge in [0, 0.05) is 41.0 Å². The Hall–Kier alpha value is -4.26. The van der Waals surface area contributed by atoms with Crippen LogP contribution in [0.5, 0.6) is 0 Å². The van der Waals surface area contributed by atoms with E-state index in [0.29, 0.717) is 16.1 Å². The van der Waals surface area contributed by atoms with E-state index < -0.39 is 22.2 Å². The van der Waals surface area contributed by atoms with Gasteiger partial charge in [0.25, 0.3) is 5.69 Å². The Morgan fingerprint density at radius 3 is 2.18 bits per heavy atom. The number of nitriles is 2. The molecule has 1 saturated carbocycles. The van der Waals surface area contributed by atoms with E-state index in [1.54, 1.807) is 30.3 Å². The Balaban J connectivity index is 1.96. The molecule has 4 rings (SSSR count). The van der Waals surface area contributed by atoms with Crippen LogP contribution in [0.25, 0.3) is 6.08 Å². The van der Waals surface area contributed by atoms with Gasteiger partial charge in [-0.3, -0.25) is 14.9 Å². The highest BCUT2D eigenvalue weighted by molar-refractivity contribution is 6.31. The molecule has 0 radical (unpaired) electrons. The maximum atomic E-state index is 13.5. The SMILES string of the molecule is N#CC1(C#N)[C@H](c2ccccc2)CC(=O)/C(=C/c2ccc([N+](=O)[O-])cc2)[C@H]1c1ccccc1Cl. The first-order valence-electron chi connectivity index (χ1n) is 10.5. The standard InChI is InChI=1S/C27H18ClN3O3/c28-24-9-5-4-8-21(24)26-22(14-18-10-12-20(13-11-18)31(33)34)25(32)15-23(27(26,16-29)17-30)19-6-2-1-3-7-19/h1-14,23,26H,15H2/b22-14-/t23-,26+/m0/s1. The highest BCUT2D eigenvalue weighted by atomic mass is 35.5. The summed E-state index contributed by atoms with van der Waals surface area (Å²) in [6.45, 7) is 0. The molecule has 0 saturated heterocycles. The third-order valence-corrected chi connectivity index (χ3v) is 6.59. The van der Waals surface area contributed by atoms with E-state index in [1.165, 1.54) is 24.3 Å². The number of hydrogen-bond acceptors (Lipinski definition) is 5. The smallest absolute Gasteiger partial charge is 0.269 e. The van der Waals surface area contributed by atoms with Crippen molar-refractivity contribution in [3.05, 3.63) is 116 Å². The minimum atomic E-state index is -1.60. The Kier molecular flexibility index (Phi) is 6.27. The van der Waals surface area contributed by atoms with Crippen molar-refractivity contribution in [2.75, 3.05) is 0 Å². The number of carbonyl (C=O) groups excluding carboxylic acids is 1. The minimum absolute atomic E-state index is 0.0229. The number of nitro benzene ring substituents is 1. The summed E-state index contributed by atoms with van der Waals surface area (Å²) in [6.07, 6.45) is 1.58. The normalized spacial score (nSPS) is 20.3. The van der Waals surface area contributed by atoms with Gasteiger partial charge in [-0.2, -0.15) is 10.5 Å². The van der Waals surface area contributed by atoms with E-state index >= 15 is 0 Å². The fourth-order valence-electron chi connectivity index (χ4n) is 4.61. The Labute approximate surface area is 201 Å². The summed E-state index contributed by atoms with van der Waals surface area (Å²) in [6, 6.07) is 26.2. The summed E-state index contributed by atoms with van der Waals surface area (Å²) >= 11 is 6.53. The molecule has 6 nitrogen and oxygen atoms in total. The maximum Gasteiger partial charge on any atom is 0.269 e. The van der Waals surface area contributed by atoms with E-state index in [1.807, 2.05) is 30.3 Å². The number of nitro groups is 1. The van der Waals surface area contributed by atoms with Crippen molar-refractivity contribution in [1.82, 2.24) is 0 Å². The van der Waals surface area contributed by atoms with Crippen LogP contribution in [0.1, 0.15) is 34.9 Å². The highest BCUT2D eigenvalue weighted by Gasteiger charge is 2.55. The van der Waals surface area contributed by atoms with Crippen LogP contribution in [-0.2, 0) is 4.79 Å². The number of rotatable bonds is 4. The molecule has 0 bridgehead atoms. The van der Waals surface area contributed by atoms with E-state index in [4.69, 9.17) is 11.6 Å². The molecule has 0 spiro atoms. The number of halogens is 1. The summed E-state index contributed by atoms with van der Waals surface area (Å²) in [5, 5.41) is 32.2. The number of hydrogen-bond donors (Lipinski definition) is 0. The van der Waals surface area contributed by atoms with Crippen molar-refractivity contribution < 1.29 is 9.72 Å². The monoisotopic (exact) mass is 467 g/mol. The summed E-state index contributed by atoms with van der Waals surface area (Å²) in [5.74, 6) is -1.79. The van der Waals surface area contributed by atoms with Crippen LogP contribution in [0.3, 0.4) is 0 Å². The molecule has 0 amide bonds. The van der Waals surface area contributed by atoms with Gasteiger partial charge in [0.2, 0.25) is 0 Å². The number of carbonyl (C=O) groups is 1. The van der Waals surface area contributed by atoms with Gasteiger partial charge < -0.3 is 0 Å². The molecule has 1 aliphatic carbocycles. The predicted octanol–water partition coefficient (Wildman–Crippen LogP) is 6.21. The van der Waals surface area contributed by atoms with Crippen molar-refractivity contribution >= 4 is 29.1 Å². The van der Waals surface area contributed by atoms with Crippen molar-refractivity contribution in [3.63, 3.8) is 0 Å². The lowest BCUT2D eigenvalue weighted by Crippen LogP contribution is -2.41. The van der Waals surface area contributed by atoms with E-state index in [2.05, 4.69) is 12.1 Å². The van der Waals surface area contributed by atoms with Crippen LogP contribution >= 0.6 is 11.6 Å². The molecule has 2 atom stereocenters. The van der Waals surface area contributed by atoms with Crippen molar-refractivity contribution in [3.8, 4) is 12.1 Å². The molecular weight excluding hydrogens is 450 g/mol. The summed E-state index contributed by atoms with van der Waals surface area (Å²) in [7, 11) is 0. The van der Waals surface area contributed by atoms with Crippen molar-refractivity contribution in [2.45, 2.75) is 18.3 Å². The van der Waals surface area contributed by atoms with Gasteiger partial charge in [-0.05, 0) is 41.0 Å². The molecule has 3 aromatic carbocycles. The third-order valence-electron chi connectivity index (χ3n) is 6.24. The Morgan fingerprint density at radius 1 is 0.971 bits per heavy atom. The van der Waals surface area contributed by atoms with Crippen LogP contribution in [-0.4, -0.2) is 10.7 Å². The zero-order valence-corrected chi connectivity index (χ0v) is 18.6. The number of Topliss-reactive ketones (excluding diaryl/α,β-unsaturated/α-hetero) is 1. The third kappa shape index (κ3) is 3.96. The molecule has 0 heterocycles. The Morgan fingerprint density at radius 2 is 1.59 bits per heavy atom. The summed E-state index contributed by atoms with van der Waals surface area (Å²) < 4.78 is 0. The molecule has 0 aliphatic heterocycles. The maximum absolute atomic E-state index is 13.5. The van der Waals surface area contributed by atoms with E-state index in [0.717, 1.165) is 5.56 Å². The van der Waals surface area contributed by atoms with Gasteiger partial charge in [0.05, 0.1) is 17.1 Å². The van der Waals surface area contributed by atoms with E-state index in [9.17, 15) is 25.4 Å². The second kappa shape index (κ2) is 9.31. The van der Waals surface area contributed by atoms with Crippen LogP contribution in [0, 0.1) is 38.2 Å². The van der Waals surface area contributed by atoms with Gasteiger partial charge >= 0.3 is 0 Å². The van der Waals surface area contributed by atoms with Gasteiger partial charge in [-0.25, -0.2) is 0 Å². The average molecular weight is 468 g/mol. The molecule has 3 aromatic rings. The molecule has 0 aromatic heterocycles. The number of nitrogens with zero attached hydrogens (tertiary/aromatic N) is 3. The van der Waals surface area contributed by atoms with Crippen molar-refractivity contribution in [1.29, 1.82) is 10.5 Å². The fourth-order valence-corrected chi connectivity index (χ4v) is 4.85. The van der Waals surface area contributed by atoms with Gasteiger partial charge in [0.15, 0.2) is 11.2 Å². The molecule has 1 fully saturated rings. The van der Waals surface area contributed by atoms with Crippen molar-refractivity contribution in [2.24, 2.45) is 5.41 Å². The Bertz CT molecular complexity index is 1350. The molecule has 166 valence electrons. The number of allylic oxidation sites excluding steroid dienone is 1. The fraction of sp³-hybridized carbons (Fsp3) is 0.148. The first-order chi connectivity index (χ1) is 16.4. The molecular formula is C27H18ClN3O3. The average Bonchev–Trinajstić information content (AvgIpc) is 2.86. The first-order valence-corrected chi connectivity index (χ1v) is 10.9. The van der Waals surface area contributed by atoms with Gasteiger partial charge in [-0.1, -0.05) is 60.1 Å². The van der Waals surface area contributed by atoms with Crippen LogP contribution < -0.4 is 0 Å². The second-order valence-electron chi connectivity index (χ2n) is 8.09. The van der Waals surface area contributed by atoms with Crippen LogP contribution in [0.2, 0.25) is 5.02 Å². The first kappa shape index (κ1) is 22.9. The minimum Gasteiger partial charge on any atom is -0.295 e. The topological polar surface area (TPSA) is 108 Å². The quantitative estimate of drug-likeness (QED) is 0.257. The second-order valence-corrected chi connectivity index (χ2v) is 8.49. The zero-order valence-electron chi connectivity index (χ0n) is 17.9. The molecule has 7 heteroatoms.